The highest BCUT2D eigenvalue weighted by Crippen LogP contribution is 2.25. The van der Waals surface area contributed by atoms with Crippen LogP contribution in [-0.2, 0) is 6.54 Å². The second-order valence-electron chi connectivity index (χ2n) is 5.64. The number of nitrogens with zero attached hydrogens (tertiary/aromatic N) is 1. The molecule has 0 bridgehead atoms. The zero-order valence-corrected chi connectivity index (χ0v) is 12.2. The number of ether oxygens (including phenoxy) is 1. The van der Waals surface area contributed by atoms with Crippen molar-refractivity contribution in [3.05, 3.63) is 35.9 Å². The fraction of sp³-hybridized carbons (Fsp3) is 0.438. The Morgan fingerprint density at radius 3 is 2.63 bits per heavy atom. The van der Waals surface area contributed by atoms with E-state index in [4.69, 9.17) is 4.74 Å². The van der Waals surface area contributed by atoms with E-state index in [-0.39, 0.29) is 5.60 Å². The van der Waals surface area contributed by atoms with Gasteiger partial charge < -0.3 is 10.1 Å². The van der Waals surface area contributed by atoms with Crippen molar-refractivity contribution < 1.29 is 4.74 Å². The molecule has 0 spiro atoms. The van der Waals surface area contributed by atoms with Crippen LogP contribution in [0.4, 0.5) is 0 Å². The Morgan fingerprint density at radius 2 is 1.95 bits per heavy atom. The number of hydrogen-bond donors (Lipinski definition) is 1. The van der Waals surface area contributed by atoms with Gasteiger partial charge in [0.15, 0.2) is 0 Å². The van der Waals surface area contributed by atoms with Crippen molar-refractivity contribution in [2.45, 2.75) is 39.8 Å². The maximum Gasteiger partial charge on any atom is 0.218 e. The van der Waals surface area contributed by atoms with E-state index >= 15 is 0 Å². The van der Waals surface area contributed by atoms with Crippen LogP contribution >= 0.6 is 0 Å². The maximum absolute atomic E-state index is 5.99. The molecular weight excluding hydrogens is 236 g/mol. The maximum atomic E-state index is 5.99. The summed E-state index contributed by atoms with van der Waals surface area (Å²) in [5, 5.41) is 4.49. The third-order valence-electron chi connectivity index (χ3n) is 2.73. The topological polar surface area (TPSA) is 34.2 Å². The van der Waals surface area contributed by atoms with Crippen molar-refractivity contribution in [1.82, 2.24) is 10.3 Å². The summed E-state index contributed by atoms with van der Waals surface area (Å²) in [4.78, 5) is 4.65. The molecule has 3 nitrogen and oxygen atoms in total. The molecule has 102 valence electrons. The minimum absolute atomic E-state index is 0.240. The minimum atomic E-state index is -0.240. The van der Waals surface area contributed by atoms with E-state index in [1.165, 1.54) is 0 Å². The Balaban J connectivity index is 2.44. The SMILES string of the molecule is CCNCc1cc2ccccc2nc1OC(C)(C)C. The van der Waals surface area contributed by atoms with Crippen LogP contribution < -0.4 is 10.1 Å². The highest BCUT2D eigenvalue weighted by molar-refractivity contribution is 5.80. The molecule has 0 saturated heterocycles. The molecule has 1 N–H and O–H groups in total. The van der Waals surface area contributed by atoms with Gasteiger partial charge in [-0.25, -0.2) is 4.98 Å². The molecule has 0 radical (unpaired) electrons. The summed E-state index contributed by atoms with van der Waals surface area (Å²) in [6, 6.07) is 10.3. The number of aromatic nitrogens is 1. The lowest BCUT2D eigenvalue weighted by Gasteiger charge is -2.22. The first-order valence-corrected chi connectivity index (χ1v) is 6.78. The number of benzene rings is 1. The Morgan fingerprint density at radius 1 is 1.21 bits per heavy atom. The van der Waals surface area contributed by atoms with Gasteiger partial charge in [-0.2, -0.15) is 0 Å². The molecule has 2 rings (SSSR count). The van der Waals surface area contributed by atoms with E-state index in [9.17, 15) is 0 Å². The largest absolute Gasteiger partial charge is 0.472 e. The molecule has 0 amide bonds. The number of para-hydroxylation sites is 1. The molecule has 1 aromatic heterocycles. The van der Waals surface area contributed by atoms with Gasteiger partial charge in [-0.3, -0.25) is 0 Å². The van der Waals surface area contributed by atoms with Crippen LogP contribution in [0.25, 0.3) is 10.9 Å². The molecule has 0 aliphatic carbocycles. The lowest BCUT2D eigenvalue weighted by molar-refractivity contribution is 0.123. The average molecular weight is 258 g/mol. The van der Waals surface area contributed by atoms with Crippen molar-refractivity contribution in [2.24, 2.45) is 0 Å². The third kappa shape index (κ3) is 3.67. The molecule has 0 aliphatic rings. The van der Waals surface area contributed by atoms with Gasteiger partial charge in [0.05, 0.1) is 5.52 Å². The molecule has 2 aromatic rings. The van der Waals surface area contributed by atoms with Crippen molar-refractivity contribution in [1.29, 1.82) is 0 Å². The van der Waals surface area contributed by atoms with Gasteiger partial charge in [-0.1, -0.05) is 25.1 Å². The molecule has 0 unspecified atom stereocenters. The Bertz CT molecular complexity index is 558. The Kier molecular flexibility index (Phi) is 4.05. The highest BCUT2D eigenvalue weighted by Gasteiger charge is 2.16. The van der Waals surface area contributed by atoms with Crippen LogP contribution in [0.1, 0.15) is 33.3 Å². The Labute approximate surface area is 115 Å². The lowest BCUT2D eigenvalue weighted by atomic mass is 10.1. The molecule has 1 aromatic carbocycles. The van der Waals surface area contributed by atoms with Crippen LogP contribution in [-0.4, -0.2) is 17.1 Å². The molecule has 1 heterocycles. The van der Waals surface area contributed by atoms with Gasteiger partial charge in [-0.15, -0.1) is 0 Å². The van der Waals surface area contributed by atoms with Crippen molar-refractivity contribution in [3.8, 4) is 5.88 Å². The van der Waals surface area contributed by atoms with Crippen LogP contribution in [0.5, 0.6) is 5.88 Å². The van der Waals surface area contributed by atoms with E-state index in [1.54, 1.807) is 0 Å². The van der Waals surface area contributed by atoms with Crippen LogP contribution in [0, 0.1) is 0 Å². The van der Waals surface area contributed by atoms with E-state index < -0.39 is 0 Å². The quantitative estimate of drug-likeness (QED) is 0.911. The predicted octanol–water partition coefficient (Wildman–Crippen LogP) is 3.52. The number of nitrogens with one attached hydrogen (secondary N) is 1. The van der Waals surface area contributed by atoms with Crippen LogP contribution in [0.3, 0.4) is 0 Å². The molecule has 19 heavy (non-hydrogen) atoms. The zero-order valence-electron chi connectivity index (χ0n) is 12.2. The van der Waals surface area contributed by atoms with Gasteiger partial charge in [0.1, 0.15) is 5.60 Å². The zero-order chi connectivity index (χ0) is 13.9. The summed E-state index contributed by atoms with van der Waals surface area (Å²) in [6.07, 6.45) is 0. The first kappa shape index (κ1) is 13.8. The van der Waals surface area contributed by atoms with Gasteiger partial charge in [0.25, 0.3) is 0 Å². The van der Waals surface area contributed by atoms with Crippen molar-refractivity contribution in [3.63, 3.8) is 0 Å². The predicted molar refractivity (Wildman–Crippen MR) is 79.5 cm³/mol. The molecule has 0 aliphatic heterocycles. The van der Waals surface area contributed by atoms with Crippen LogP contribution in [0.15, 0.2) is 30.3 Å². The van der Waals surface area contributed by atoms with E-state index in [1.807, 2.05) is 39.0 Å². The summed E-state index contributed by atoms with van der Waals surface area (Å²) >= 11 is 0. The summed E-state index contributed by atoms with van der Waals surface area (Å²) in [5.41, 5.74) is 1.84. The highest BCUT2D eigenvalue weighted by atomic mass is 16.5. The molecule has 0 atom stereocenters. The van der Waals surface area contributed by atoms with E-state index in [2.05, 4.69) is 29.4 Å². The number of hydrogen-bond acceptors (Lipinski definition) is 3. The van der Waals surface area contributed by atoms with Gasteiger partial charge >= 0.3 is 0 Å². The summed E-state index contributed by atoms with van der Waals surface area (Å²) in [6.45, 7) is 9.93. The fourth-order valence-corrected chi connectivity index (χ4v) is 1.91. The smallest absolute Gasteiger partial charge is 0.218 e. The van der Waals surface area contributed by atoms with Gasteiger partial charge in [0.2, 0.25) is 5.88 Å². The van der Waals surface area contributed by atoms with Gasteiger partial charge in [0, 0.05) is 17.5 Å². The second kappa shape index (κ2) is 5.57. The van der Waals surface area contributed by atoms with Gasteiger partial charge in [-0.05, 0) is 39.4 Å². The summed E-state index contributed by atoms with van der Waals surface area (Å²) in [5.74, 6) is 0.729. The minimum Gasteiger partial charge on any atom is -0.472 e. The second-order valence-corrected chi connectivity index (χ2v) is 5.64. The number of fused-ring (bicyclic) bond motifs is 1. The first-order valence-electron chi connectivity index (χ1n) is 6.78. The third-order valence-corrected chi connectivity index (χ3v) is 2.73. The normalized spacial score (nSPS) is 11.8. The summed E-state index contributed by atoms with van der Waals surface area (Å²) in [7, 11) is 0. The van der Waals surface area contributed by atoms with Crippen molar-refractivity contribution in [2.75, 3.05) is 6.54 Å². The molecule has 0 fully saturated rings. The fourth-order valence-electron chi connectivity index (χ4n) is 1.91. The van der Waals surface area contributed by atoms with Crippen LogP contribution in [0.2, 0.25) is 0 Å². The number of pyridine rings is 1. The molecule has 3 heteroatoms. The summed E-state index contributed by atoms with van der Waals surface area (Å²) < 4.78 is 5.99. The first-order chi connectivity index (χ1) is 8.99. The number of rotatable bonds is 4. The average Bonchev–Trinajstić information content (AvgIpc) is 2.34. The lowest BCUT2D eigenvalue weighted by Crippen LogP contribution is -2.25. The molecule has 0 saturated carbocycles. The monoisotopic (exact) mass is 258 g/mol. The standard InChI is InChI=1S/C16H22N2O/c1-5-17-11-13-10-12-8-6-7-9-14(12)18-15(13)19-16(2,3)4/h6-10,17H,5,11H2,1-4H3. The molecular formula is C16H22N2O. The van der Waals surface area contributed by atoms with E-state index in [0.29, 0.717) is 0 Å². The van der Waals surface area contributed by atoms with E-state index in [0.717, 1.165) is 35.4 Å². The van der Waals surface area contributed by atoms with Crippen molar-refractivity contribution >= 4 is 10.9 Å². The Hall–Kier alpha value is -1.61.